The summed E-state index contributed by atoms with van der Waals surface area (Å²) >= 11 is 0. The molecule has 194 valence electrons. The Labute approximate surface area is 229 Å². The molecule has 39 heavy (non-hydrogen) atoms. The second-order valence-electron chi connectivity index (χ2n) is 10.2. The Bertz CT molecular complexity index is 1550. The fraction of sp³-hybridized carbons (Fsp3) is 0.147. The first kappa shape index (κ1) is 25.3. The van der Waals surface area contributed by atoms with E-state index >= 15 is 4.57 Å². The molecule has 4 aromatic carbocycles. The van der Waals surface area contributed by atoms with Gasteiger partial charge in [-0.1, -0.05) is 97.1 Å². The summed E-state index contributed by atoms with van der Waals surface area (Å²) in [5, 5.41) is 1.65. The largest absolute Gasteiger partial charge is 0.465 e. The smallest absolute Gasteiger partial charge is 0.337 e. The van der Waals surface area contributed by atoms with Gasteiger partial charge in [-0.15, -0.1) is 0 Å². The normalized spacial score (nSPS) is 20.9. The molecule has 0 bridgehead atoms. The van der Waals surface area contributed by atoms with Crippen LogP contribution in [-0.4, -0.2) is 24.3 Å². The molecule has 0 aromatic heterocycles. The van der Waals surface area contributed by atoms with Crippen molar-refractivity contribution in [3.8, 4) is 0 Å². The number of nitrogens with zero attached hydrogens (tertiary/aromatic N) is 1. The van der Waals surface area contributed by atoms with Gasteiger partial charge in [0.15, 0.2) is 0 Å². The van der Waals surface area contributed by atoms with E-state index in [1.165, 1.54) is 12.7 Å². The van der Waals surface area contributed by atoms with Gasteiger partial charge in [0, 0.05) is 22.6 Å². The SMILES string of the molecule is C=C1CN(P(=O)(c2ccccc2)c2ccccc2)[C@H](c2ccccc2)[C@@]12C=C(c1ccc(C(=O)OC)cc1)C2. The van der Waals surface area contributed by atoms with Crippen molar-refractivity contribution in [1.29, 1.82) is 0 Å². The van der Waals surface area contributed by atoms with Crippen LogP contribution in [0.2, 0.25) is 0 Å². The van der Waals surface area contributed by atoms with Crippen molar-refractivity contribution in [3.63, 3.8) is 0 Å². The standard InChI is InChI=1S/C34H30NO3P/c1-25-24-35(39(37,30-14-8-4-9-15-30)31-16-10-5-11-17-31)32(27-12-6-3-7-13-27)34(25)22-29(23-34)26-18-20-28(21-19-26)33(36)38-2/h3-22,32H,1,23-24H2,2H3/t32-,34-/m1/s1. The number of carbonyl (C=O) groups excluding carboxylic acids is 1. The number of methoxy groups -OCH3 is 1. The van der Waals surface area contributed by atoms with Gasteiger partial charge in [0.05, 0.1) is 18.7 Å². The van der Waals surface area contributed by atoms with E-state index in [1.807, 2.05) is 91.0 Å². The summed E-state index contributed by atoms with van der Waals surface area (Å²) in [6.45, 7) is 5.10. The fourth-order valence-corrected chi connectivity index (χ4v) is 9.17. The molecule has 1 spiro atoms. The van der Waals surface area contributed by atoms with Gasteiger partial charge in [-0.05, 0) is 59.5 Å². The van der Waals surface area contributed by atoms with E-state index < -0.39 is 7.29 Å². The molecule has 0 amide bonds. The summed E-state index contributed by atoms with van der Waals surface area (Å²) in [6, 6.07) is 37.5. The number of benzene rings is 4. The van der Waals surface area contributed by atoms with Gasteiger partial charge in [0.2, 0.25) is 7.29 Å². The van der Waals surface area contributed by atoms with E-state index in [1.54, 1.807) is 12.1 Å². The monoisotopic (exact) mass is 531 g/mol. The summed E-state index contributed by atoms with van der Waals surface area (Å²) < 4.78 is 22.5. The summed E-state index contributed by atoms with van der Waals surface area (Å²) in [7, 11) is -1.82. The van der Waals surface area contributed by atoms with E-state index in [9.17, 15) is 4.79 Å². The molecule has 0 N–H and O–H groups in total. The van der Waals surface area contributed by atoms with Crippen LogP contribution < -0.4 is 10.6 Å². The van der Waals surface area contributed by atoms with Crippen molar-refractivity contribution in [2.24, 2.45) is 5.41 Å². The minimum atomic E-state index is -3.21. The second-order valence-corrected chi connectivity index (χ2v) is 12.9. The van der Waals surface area contributed by atoms with Crippen molar-refractivity contribution >= 4 is 29.4 Å². The molecule has 1 fully saturated rings. The first-order chi connectivity index (χ1) is 19.0. The summed E-state index contributed by atoms with van der Waals surface area (Å²) in [5.74, 6) is -0.345. The molecule has 5 heteroatoms. The fourth-order valence-electron chi connectivity index (χ4n) is 6.09. The third kappa shape index (κ3) is 4.12. The molecule has 0 radical (unpaired) electrons. The van der Waals surface area contributed by atoms with Crippen LogP contribution in [0.3, 0.4) is 0 Å². The molecule has 2 aliphatic rings. The van der Waals surface area contributed by atoms with E-state index in [4.69, 9.17) is 4.74 Å². The predicted molar refractivity (Wildman–Crippen MR) is 158 cm³/mol. The van der Waals surface area contributed by atoms with Crippen LogP contribution in [0.5, 0.6) is 0 Å². The Balaban J connectivity index is 1.47. The highest BCUT2D eigenvalue weighted by Crippen LogP contribution is 2.68. The van der Waals surface area contributed by atoms with Crippen molar-refractivity contribution in [1.82, 2.24) is 4.67 Å². The minimum absolute atomic E-state index is 0.143. The number of hydrogen-bond acceptors (Lipinski definition) is 3. The zero-order valence-electron chi connectivity index (χ0n) is 21.9. The lowest BCUT2D eigenvalue weighted by molar-refractivity contribution is 0.0600. The lowest BCUT2D eigenvalue weighted by Gasteiger charge is -2.45. The van der Waals surface area contributed by atoms with Gasteiger partial charge in [0.25, 0.3) is 0 Å². The minimum Gasteiger partial charge on any atom is -0.465 e. The van der Waals surface area contributed by atoms with Gasteiger partial charge in [-0.3, -0.25) is 4.57 Å². The molecular formula is C34H30NO3P. The molecule has 1 aliphatic heterocycles. The topological polar surface area (TPSA) is 46.6 Å². The number of ether oxygens (including phenoxy) is 1. The Hall–Kier alpha value is -3.98. The lowest BCUT2D eigenvalue weighted by Crippen LogP contribution is -2.38. The number of carbonyl (C=O) groups is 1. The second kappa shape index (κ2) is 9.96. The first-order valence-corrected chi connectivity index (χ1v) is 14.8. The van der Waals surface area contributed by atoms with E-state index in [2.05, 4.69) is 29.5 Å². The number of allylic oxidation sites excluding steroid dienone is 1. The zero-order valence-corrected chi connectivity index (χ0v) is 22.8. The summed E-state index contributed by atoms with van der Waals surface area (Å²) in [5.41, 5.74) is 4.64. The average Bonchev–Trinajstić information content (AvgIpc) is 3.30. The molecule has 4 aromatic rings. The van der Waals surface area contributed by atoms with Crippen LogP contribution in [0.1, 0.15) is 33.9 Å². The van der Waals surface area contributed by atoms with Gasteiger partial charge >= 0.3 is 5.97 Å². The van der Waals surface area contributed by atoms with E-state index in [-0.39, 0.29) is 17.4 Å². The highest BCUT2D eigenvalue weighted by Gasteiger charge is 2.58. The Kier molecular flexibility index (Phi) is 6.46. The van der Waals surface area contributed by atoms with Gasteiger partial charge in [-0.25, -0.2) is 9.46 Å². The Morgan fingerprint density at radius 3 is 1.87 bits per heavy atom. The van der Waals surface area contributed by atoms with Gasteiger partial charge < -0.3 is 4.74 Å². The third-order valence-electron chi connectivity index (χ3n) is 8.08. The van der Waals surface area contributed by atoms with Crippen LogP contribution >= 0.6 is 7.29 Å². The Morgan fingerprint density at radius 2 is 1.36 bits per heavy atom. The lowest BCUT2D eigenvalue weighted by atomic mass is 9.61. The third-order valence-corrected chi connectivity index (χ3v) is 11.2. The maximum absolute atomic E-state index is 15.5. The molecule has 0 unspecified atom stereocenters. The molecule has 1 saturated heterocycles. The molecule has 4 nitrogen and oxygen atoms in total. The summed E-state index contributed by atoms with van der Waals surface area (Å²) in [4.78, 5) is 11.9. The molecular weight excluding hydrogens is 501 g/mol. The van der Waals surface area contributed by atoms with Crippen molar-refractivity contribution in [2.45, 2.75) is 12.5 Å². The first-order valence-electron chi connectivity index (χ1n) is 13.1. The van der Waals surface area contributed by atoms with Gasteiger partial charge in [-0.2, -0.15) is 0 Å². The van der Waals surface area contributed by atoms with Crippen molar-refractivity contribution in [2.75, 3.05) is 13.7 Å². The van der Waals surface area contributed by atoms with Crippen LogP contribution in [0.15, 0.2) is 133 Å². The molecule has 0 saturated carbocycles. The number of esters is 1. The number of hydrogen-bond donors (Lipinski definition) is 0. The highest BCUT2D eigenvalue weighted by atomic mass is 31.2. The quantitative estimate of drug-likeness (QED) is 0.156. The Morgan fingerprint density at radius 1 is 0.846 bits per heavy atom. The van der Waals surface area contributed by atoms with Gasteiger partial charge in [0.1, 0.15) is 0 Å². The van der Waals surface area contributed by atoms with E-state index in [0.29, 0.717) is 12.1 Å². The van der Waals surface area contributed by atoms with E-state index in [0.717, 1.165) is 33.7 Å². The van der Waals surface area contributed by atoms with Crippen molar-refractivity contribution in [3.05, 3.63) is 150 Å². The number of rotatable bonds is 6. The zero-order chi connectivity index (χ0) is 27.0. The maximum Gasteiger partial charge on any atom is 0.337 e. The predicted octanol–water partition coefficient (Wildman–Crippen LogP) is 6.79. The molecule has 1 aliphatic carbocycles. The average molecular weight is 532 g/mol. The summed E-state index contributed by atoms with van der Waals surface area (Å²) in [6.07, 6.45) is 3.09. The highest BCUT2D eigenvalue weighted by molar-refractivity contribution is 7.76. The van der Waals surface area contributed by atoms with Crippen LogP contribution in [0.25, 0.3) is 5.57 Å². The van der Waals surface area contributed by atoms with Crippen molar-refractivity contribution < 1.29 is 14.1 Å². The maximum atomic E-state index is 15.5. The van der Waals surface area contributed by atoms with Crippen LogP contribution in [0, 0.1) is 5.41 Å². The molecule has 2 atom stereocenters. The molecule has 1 heterocycles. The van der Waals surface area contributed by atoms with Crippen LogP contribution in [-0.2, 0) is 9.30 Å². The molecule has 6 rings (SSSR count). The van der Waals surface area contributed by atoms with Crippen LogP contribution in [0.4, 0.5) is 0 Å².